The molecule has 0 bridgehead atoms. The van der Waals surface area contributed by atoms with Crippen LogP contribution >= 0.6 is 0 Å². The second-order valence-electron chi connectivity index (χ2n) is 4.02. The summed E-state index contributed by atoms with van der Waals surface area (Å²) in [5.74, 6) is -1.04. The number of alkyl halides is 3. The summed E-state index contributed by atoms with van der Waals surface area (Å²) in [6, 6.07) is 6.70. The number of likely N-dealkylation sites (N-methyl/N-ethyl adjacent to an activating group) is 1. The number of ketones is 1. The normalized spacial score (nSPS) is 11.4. The Kier molecular flexibility index (Phi) is 5.82. The minimum Gasteiger partial charge on any atom is -0.492 e. The van der Waals surface area contributed by atoms with E-state index in [1.807, 2.05) is 7.05 Å². The Morgan fingerprint density at radius 1 is 1.26 bits per heavy atom. The Hall–Kier alpha value is -1.56. The first-order chi connectivity index (χ1) is 8.93. The van der Waals surface area contributed by atoms with Gasteiger partial charge in [0.15, 0.2) is 0 Å². The number of halogens is 3. The largest absolute Gasteiger partial charge is 0.492 e. The number of nitrogens with one attached hydrogen (secondary N) is 1. The molecule has 1 N–H and O–H groups in total. The molecule has 0 unspecified atom stereocenters. The van der Waals surface area contributed by atoms with Gasteiger partial charge in [0.2, 0.25) is 5.78 Å². The van der Waals surface area contributed by atoms with Crippen LogP contribution in [0.25, 0.3) is 0 Å². The maximum absolute atomic E-state index is 12.0. The zero-order valence-electron chi connectivity index (χ0n) is 10.6. The van der Waals surface area contributed by atoms with Gasteiger partial charge in [-0.2, -0.15) is 13.2 Å². The molecule has 0 radical (unpaired) electrons. The lowest BCUT2D eigenvalue weighted by atomic mass is 10.1. The number of hydrogen-bond acceptors (Lipinski definition) is 3. The number of aryl methyl sites for hydroxylation is 1. The van der Waals surface area contributed by atoms with Gasteiger partial charge in [-0.3, -0.25) is 4.79 Å². The van der Waals surface area contributed by atoms with Crippen molar-refractivity contribution in [1.82, 2.24) is 5.32 Å². The van der Waals surface area contributed by atoms with Crippen molar-refractivity contribution in [2.45, 2.75) is 19.0 Å². The molecule has 0 fully saturated rings. The lowest BCUT2D eigenvalue weighted by Crippen LogP contribution is -2.22. The summed E-state index contributed by atoms with van der Waals surface area (Å²) in [7, 11) is 1.81. The maximum Gasteiger partial charge on any atom is 0.449 e. The van der Waals surface area contributed by atoms with E-state index in [2.05, 4.69) is 5.32 Å². The van der Waals surface area contributed by atoms with Gasteiger partial charge in [-0.25, -0.2) is 0 Å². The Morgan fingerprint density at radius 2 is 1.89 bits per heavy atom. The van der Waals surface area contributed by atoms with Crippen molar-refractivity contribution < 1.29 is 22.7 Å². The second kappa shape index (κ2) is 7.13. The predicted octanol–water partition coefficient (Wildman–Crippen LogP) is 2.35. The molecule has 106 valence electrons. The summed E-state index contributed by atoms with van der Waals surface area (Å²) in [5.41, 5.74) is 0.679. The van der Waals surface area contributed by atoms with E-state index in [0.717, 1.165) is 0 Å². The van der Waals surface area contributed by atoms with Crippen molar-refractivity contribution in [2.75, 3.05) is 20.2 Å². The molecule has 0 saturated heterocycles. The van der Waals surface area contributed by atoms with Crippen molar-refractivity contribution >= 4 is 5.78 Å². The minimum absolute atomic E-state index is 0.0785. The van der Waals surface area contributed by atoms with E-state index in [-0.39, 0.29) is 6.42 Å². The van der Waals surface area contributed by atoms with Crippen LogP contribution in [-0.2, 0) is 11.2 Å². The topological polar surface area (TPSA) is 38.3 Å². The summed E-state index contributed by atoms with van der Waals surface area (Å²) in [6.07, 6.45) is -5.19. The van der Waals surface area contributed by atoms with Crippen LogP contribution in [0.2, 0.25) is 0 Å². The Morgan fingerprint density at radius 3 is 2.42 bits per heavy atom. The molecule has 19 heavy (non-hydrogen) atoms. The molecule has 0 aliphatic carbocycles. The maximum atomic E-state index is 12.0. The Labute approximate surface area is 109 Å². The van der Waals surface area contributed by atoms with Crippen molar-refractivity contribution in [1.29, 1.82) is 0 Å². The molecule has 0 aliphatic heterocycles. The molecule has 0 aromatic heterocycles. The first-order valence-corrected chi connectivity index (χ1v) is 5.90. The zero-order valence-corrected chi connectivity index (χ0v) is 10.6. The summed E-state index contributed by atoms with van der Waals surface area (Å²) >= 11 is 0. The molecule has 1 rings (SSSR count). The van der Waals surface area contributed by atoms with Crippen molar-refractivity contribution in [3.8, 4) is 5.75 Å². The Balaban J connectivity index is 2.42. The molecule has 6 heteroatoms. The predicted molar refractivity (Wildman–Crippen MR) is 65.2 cm³/mol. The Bertz CT molecular complexity index is 401. The zero-order chi connectivity index (χ0) is 14.3. The van der Waals surface area contributed by atoms with Crippen LogP contribution in [0.1, 0.15) is 12.0 Å². The average Bonchev–Trinajstić information content (AvgIpc) is 2.36. The monoisotopic (exact) mass is 275 g/mol. The molecule has 0 aliphatic rings. The summed E-state index contributed by atoms with van der Waals surface area (Å²) in [5, 5.41) is 2.93. The average molecular weight is 275 g/mol. The summed E-state index contributed by atoms with van der Waals surface area (Å²) in [4.78, 5) is 10.7. The minimum atomic E-state index is -4.74. The van der Waals surface area contributed by atoms with E-state index in [1.165, 1.54) is 0 Å². The third-order valence-corrected chi connectivity index (χ3v) is 2.50. The highest BCUT2D eigenvalue weighted by molar-refractivity contribution is 5.84. The molecule has 0 amide bonds. The molecule has 1 aromatic rings. The number of hydrogen-bond donors (Lipinski definition) is 1. The second-order valence-corrected chi connectivity index (χ2v) is 4.02. The van der Waals surface area contributed by atoms with Crippen LogP contribution in [0.3, 0.4) is 0 Å². The van der Waals surface area contributed by atoms with Crippen LogP contribution in [-0.4, -0.2) is 32.2 Å². The molecular weight excluding hydrogens is 259 g/mol. The molecule has 0 heterocycles. The van der Waals surface area contributed by atoms with Crippen LogP contribution in [0.5, 0.6) is 5.75 Å². The number of carbonyl (C=O) groups is 1. The van der Waals surface area contributed by atoms with E-state index in [1.54, 1.807) is 24.3 Å². The van der Waals surface area contributed by atoms with Crippen LogP contribution in [0, 0.1) is 0 Å². The molecule has 1 aromatic carbocycles. The fourth-order valence-corrected chi connectivity index (χ4v) is 1.42. The van der Waals surface area contributed by atoms with Gasteiger partial charge in [-0.05, 0) is 31.2 Å². The van der Waals surface area contributed by atoms with Crippen molar-refractivity contribution in [3.63, 3.8) is 0 Å². The van der Waals surface area contributed by atoms with E-state index in [0.29, 0.717) is 24.5 Å². The quantitative estimate of drug-likeness (QED) is 0.776. The first kappa shape index (κ1) is 15.5. The number of ether oxygens (including phenoxy) is 1. The first-order valence-electron chi connectivity index (χ1n) is 5.90. The molecular formula is C13H16F3NO2. The van der Waals surface area contributed by atoms with Crippen molar-refractivity contribution in [2.24, 2.45) is 0 Å². The molecule has 0 atom stereocenters. The number of benzene rings is 1. The SMILES string of the molecule is CNCCOc1ccc(CCC(=O)C(F)(F)F)cc1. The van der Waals surface area contributed by atoms with Gasteiger partial charge in [0.25, 0.3) is 0 Å². The van der Waals surface area contributed by atoms with Gasteiger partial charge >= 0.3 is 6.18 Å². The molecule has 3 nitrogen and oxygen atoms in total. The standard InChI is InChI=1S/C13H16F3NO2/c1-17-8-9-19-11-5-2-10(3-6-11)4-7-12(18)13(14,15)16/h2-3,5-6,17H,4,7-9H2,1H3. The number of rotatable bonds is 7. The van der Waals surface area contributed by atoms with E-state index in [4.69, 9.17) is 4.74 Å². The van der Waals surface area contributed by atoms with Crippen LogP contribution in [0.15, 0.2) is 24.3 Å². The van der Waals surface area contributed by atoms with E-state index < -0.39 is 18.4 Å². The summed E-state index contributed by atoms with van der Waals surface area (Å²) < 4.78 is 41.4. The highest BCUT2D eigenvalue weighted by Crippen LogP contribution is 2.20. The molecule has 0 spiro atoms. The van der Waals surface area contributed by atoms with Crippen LogP contribution < -0.4 is 10.1 Å². The van der Waals surface area contributed by atoms with Gasteiger partial charge in [0.05, 0.1) is 0 Å². The van der Waals surface area contributed by atoms with Gasteiger partial charge in [0, 0.05) is 13.0 Å². The lowest BCUT2D eigenvalue weighted by molar-refractivity contribution is -0.171. The van der Waals surface area contributed by atoms with E-state index >= 15 is 0 Å². The van der Waals surface area contributed by atoms with Gasteiger partial charge in [-0.1, -0.05) is 12.1 Å². The highest BCUT2D eigenvalue weighted by Gasteiger charge is 2.37. The highest BCUT2D eigenvalue weighted by atomic mass is 19.4. The van der Waals surface area contributed by atoms with Gasteiger partial charge in [-0.15, -0.1) is 0 Å². The summed E-state index contributed by atoms with van der Waals surface area (Å²) in [6.45, 7) is 1.23. The molecule has 0 saturated carbocycles. The van der Waals surface area contributed by atoms with E-state index in [9.17, 15) is 18.0 Å². The fraction of sp³-hybridized carbons (Fsp3) is 0.462. The van der Waals surface area contributed by atoms with Crippen molar-refractivity contribution in [3.05, 3.63) is 29.8 Å². The lowest BCUT2D eigenvalue weighted by Gasteiger charge is -2.07. The third-order valence-electron chi connectivity index (χ3n) is 2.50. The fourth-order valence-electron chi connectivity index (χ4n) is 1.42. The smallest absolute Gasteiger partial charge is 0.449 e. The van der Waals surface area contributed by atoms with Gasteiger partial charge < -0.3 is 10.1 Å². The third kappa shape index (κ3) is 5.74. The van der Waals surface area contributed by atoms with Crippen LogP contribution in [0.4, 0.5) is 13.2 Å². The van der Waals surface area contributed by atoms with Gasteiger partial charge in [0.1, 0.15) is 12.4 Å². The number of carbonyl (C=O) groups excluding carboxylic acids is 1. The number of Topliss-reactive ketones (excluding diaryl/α,β-unsaturated/α-hetero) is 1.